The van der Waals surface area contributed by atoms with E-state index in [9.17, 15) is 10.1 Å². The van der Waals surface area contributed by atoms with Crippen molar-refractivity contribution in [2.24, 2.45) is 5.92 Å². The number of rotatable bonds is 7. The molecule has 0 heterocycles. The quantitative estimate of drug-likeness (QED) is 0.615. The van der Waals surface area contributed by atoms with Crippen LogP contribution >= 0.6 is 0 Å². The van der Waals surface area contributed by atoms with Gasteiger partial charge in [0.1, 0.15) is 0 Å². The molecule has 110 valence electrons. The minimum atomic E-state index is -0.252. The number of nitro groups is 1. The van der Waals surface area contributed by atoms with Gasteiger partial charge in [-0.15, -0.1) is 0 Å². The highest BCUT2D eigenvalue weighted by Gasteiger charge is 2.27. The van der Waals surface area contributed by atoms with Crippen LogP contribution in [-0.2, 0) is 11.4 Å². The van der Waals surface area contributed by atoms with Gasteiger partial charge < -0.3 is 0 Å². The highest BCUT2D eigenvalue weighted by Crippen LogP contribution is 2.26. The van der Waals surface area contributed by atoms with Crippen molar-refractivity contribution in [3.63, 3.8) is 0 Å². The van der Waals surface area contributed by atoms with Gasteiger partial charge in [0.05, 0.1) is 12.6 Å². The molecule has 0 aliphatic heterocycles. The Balaban J connectivity index is 1.82. The summed E-state index contributed by atoms with van der Waals surface area (Å²) >= 11 is 0. The van der Waals surface area contributed by atoms with Gasteiger partial charge in [0.2, 0.25) is 6.54 Å². The number of nitrogens with one attached hydrogen (secondary N) is 1. The smallest absolute Gasteiger partial charge is 0.221 e. The molecule has 1 aliphatic rings. The second kappa shape index (κ2) is 7.97. The number of hydrogen-bond acceptors (Lipinski definition) is 4. The maximum absolute atomic E-state index is 10.8. The fourth-order valence-electron chi connectivity index (χ4n) is 2.79. The van der Waals surface area contributed by atoms with E-state index in [2.05, 4.69) is 5.48 Å². The Morgan fingerprint density at radius 2 is 1.95 bits per heavy atom. The first-order valence-electron chi connectivity index (χ1n) is 7.29. The molecule has 1 aromatic carbocycles. The zero-order valence-electron chi connectivity index (χ0n) is 11.7. The number of nitrogens with zero attached hydrogens (tertiary/aromatic N) is 1. The molecule has 0 bridgehead atoms. The molecule has 0 aromatic heterocycles. The molecule has 5 nitrogen and oxygen atoms in total. The van der Waals surface area contributed by atoms with Gasteiger partial charge in [-0.1, -0.05) is 49.6 Å². The summed E-state index contributed by atoms with van der Waals surface area (Å²) in [5, 5.41) is 10.8. The lowest BCUT2D eigenvalue weighted by molar-refractivity contribution is -0.487. The monoisotopic (exact) mass is 278 g/mol. The van der Waals surface area contributed by atoms with E-state index in [1.54, 1.807) is 0 Å². The molecule has 0 spiro atoms. The maximum atomic E-state index is 10.8. The molecule has 5 heteroatoms. The van der Waals surface area contributed by atoms with E-state index in [0.29, 0.717) is 12.5 Å². The topological polar surface area (TPSA) is 64.4 Å². The molecule has 1 aliphatic carbocycles. The lowest BCUT2D eigenvalue weighted by Crippen LogP contribution is -2.42. The zero-order chi connectivity index (χ0) is 14.2. The van der Waals surface area contributed by atoms with Crippen LogP contribution in [-0.4, -0.2) is 17.5 Å². The molecule has 1 fully saturated rings. The van der Waals surface area contributed by atoms with Gasteiger partial charge in [-0.25, -0.2) is 0 Å². The first kappa shape index (κ1) is 14.9. The summed E-state index contributed by atoms with van der Waals surface area (Å²) in [5.41, 5.74) is 3.99. The number of hydroxylamine groups is 1. The van der Waals surface area contributed by atoms with Crippen molar-refractivity contribution < 1.29 is 9.76 Å². The van der Waals surface area contributed by atoms with E-state index in [-0.39, 0.29) is 17.5 Å². The molecule has 1 saturated carbocycles. The average molecular weight is 278 g/mol. The van der Waals surface area contributed by atoms with Crippen LogP contribution in [0, 0.1) is 16.0 Å². The van der Waals surface area contributed by atoms with Gasteiger partial charge in [0.15, 0.2) is 0 Å². The van der Waals surface area contributed by atoms with Crippen molar-refractivity contribution in [2.45, 2.75) is 44.8 Å². The number of hydrogen-bond donors (Lipinski definition) is 1. The molecule has 2 rings (SSSR count). The van der Waals surface area contributed by atoms with Crippen molar-refractivity contribution >= 4 is 0 Å². The van der Waals surface area contributed by atoms with Gasteiger partial charge in [-0.3, -0.25) is 15.0 Å². The fraction of sp³-hybridized carbons (Fsp3) is 0.600. The summed E-state index contributed by atoms with van der Waals surface area (Å²) in [7, 11) is 0. The Hall–Kier alpha value is -1.46. The summed E-state index contributed by atoms with van der Waals surface area (Å²) in [6, 6.07) is 9.63. The second-order valence-electron chi connectivity index (χ2n) is 5.41. The minimum absolute atomic E-state index is 0.0700. The Bertz CT molecular complexity index is 405. The standard InChI is InChI=1S/C15H22N2O3/c18-17(19)11-15(14-9-5-2-6-10-14)16-20-12-13-7-3-1-4-8-13/h1,3-4,7-8,14-16H,2,5-6,9-12H2/t15-/m0/s1. The summed E-state index contributed by atoms with van der Waals surface area (Å²) in [6.45, 7) is 0.362. The average Bonchev–Trinajstić information content (AvgIpc) is 2.48. The third kappa shape index (κ3) is 4.90. The Morgan fingerprint density at radius 3 is 2.60 bits per heavy atom. The molecule has 1 N–H and O–H groups in total. The van der Waals surface area contributed by atoms with Crippen molar-refractivity contribution in [1.82, 2.24) is 5.48 Å². The molecule has 1 aromatic rings. The Kier molecular flexibility index (Phi) is 5.95. The molecule has 0 unspecified atom stereocenters. The van der Waals surface area contributed by atoms with Crippen molar-refractivity contribution in [3.8, 4) is 0 Å². The van der Waals surface area contributed by atoms with E-state index in [0.717, 1.165) is 18.4 Å². The van der Waals surface area contributed by atoms with E-state index >= 15 is 0 Å². The molecular formula is C15H22N2O3. The highest BCUT2D eigenvalue weighted by atomic mass is 16.7. The molecule has 0 saturated heterocycles. The molecule has 1 atom stereocenters. The third-order valence-corrected chi connectivity index (χ3v) is 3.88. The SMILES string of the molecule is O=[N+]([O-])C[C@H](NOCc1ccccc1)C1CCCCC1. The van der Waals surface area contributed by atoms with E-state index in [1.165, 1.54) is 19.3 Å². The van der Waals surface area contributed by atoms with Crippen molar-refractivity contribution in [2.75, 3.05) is 6.54 Å². The van der Waals surface area contributed by atoms with E-state index < -0.39 is 0 Å². The maximum Gasteiger partial charge on any atom is 0.221 e. The van der Waals surface area contributed by atoms with Crippen molar-refractivity contribution in [3.05, 3.63) is 46.0 Å². The van der Waals surface area contributed by atoms with Crippen LogP contribution in [0.5, 0.6) is 0 Å². The number of benzene rings is 1. The Morgan fingerprint density at radius 1 is 1.25 bits per heavy atom. The summed E-state index contributed by atoms with van der Waals surface area (Å²) in [6.07, 6.45) is 5.69. The van der Waals surface area contributed by atoms with Crippen molar-refractivity contribution in [1.29, 1.82) is 0 Å². The van der Waals surface area contributed by atoms with Crippen LogP contribution < -0.4 is 5.48 Å². The largest absolute Gasteiger partial charge is 0.297 e. The fourth-order valence-corrected chi connectivity index (χ4v) is 2.79. The van der Waals surface area contributed by atoms with Gasteiger partial charge in [-0.05, 0) is 24.3 Å². The second-order valence-corrected chi connectivity index (χ2v) is 5.41. The van der Waals surface area contributed by atoms with Gasteiger partial charge in [0, 0.05) is 4.92 Å². The normalized spacial score (nSPS) is 17.8. The summed E-state index contributed by atoms with van der Waals surface area (Å²) < 4.78 is 0. The molecular weight excluding hydrogens is 256 g/mol. The summed E-state index contributed by atoms with van der Waals surface area (Å²) in [4.78, 5) is 16.0. The Labute approximate surface area is 119 Å². The van der Waals surface area contributed by atoms with Crippen LogP contribution in [0.4, 0.5) is 0 Å². The van der Waals surface area contributed by atoms with Gasteiger partial charge in [0.25, 0.3) is 0 Å². The minimum Gasteiger partial charge on any atom is -0.297 e. The van der Waals surface area contributed by atoms with E-state index in [1.807, 2.05) is 30.3 Å². The first-order chi connectivity index (χ1) is 9.75. The first-order valence-corrected chi connectivity index (χ1v) is 7.29. The summed E-state index contributed by atoms with van der Waals surface area (Å²) in [5.74, 6) is 0.352. The lowest BCUT2D eigenvalue weighted by Gasteiger charge is -2.28. The van der Waals surface area contributed by atoms with Crippen LogP contribution in [0.3, 0.4) is 0 Å². The molecule has 0 amide bonds. The van der Waals surface area contributed by atoms with Crippen LogP contribution in [0.15, 0.2) is 30.3 Å². The lowest BCUT2D eigenvalue weighted by atomic mass is 9.84. The van der Waals surface area contributed by atoms with Gasteiger partial charge in [-0.2, -0.15) is 5.48 Å². The molecule has 20 heavy (non-hydrogen) atoms. The zero-order valence-corrected chi connectivity index (χ0v) is 11.7. The van der Waals surface area contributed by atoms with Crippen LogP contribution in [0.25, 0.3) is 0 Å². The predicted molar refractivity (Wildman–Crippen MR) is 76.6 cm³/mol. The molecule has 0 radical (unpaired) electrons. The third-order valence-electron chi connectivity index (χ3n) is 3.88. The highest BCUT2D eigenvalue weighted by molar-refractivity contribution is 5.13. The van der Waals surface area contributed by atoms with Gasteiger partial charge >= 0.3 is 0 Å². The predicted octanol–water partition coefficient (Wildman–Crippen LogP) is 2.93. The van der Waals surface area contributed by atoms with Crippen LogP contribution in [0.2, 0.25) is 0 Å². The van der Waals surface area contributed by atoms with Crippen LogP contribution in [0.1, 0.15) is 37.7 Å². The van der Waals surface area contributed by atoms with E-state index in [4.69, 9.17) is 4.84 Å².